The van der Waals surface area contributed by atoms with Crippen molar-refractivity contribution in [1.29, 1.82) is 0 Å². The third kappa shape index (κ3) is 7.30. The van der Waals surface area contributed by atoms with Gasteiger partial charge in [0.15, 0.2) is 0 Å². The summed E-state index contributed by atoms with van der Waals surface area (Å²) in [4.78, 5) is 28.7. The van der Waals surface area contributed by atoms with E-state index in [4.69, 9.17) is 11.5 Å². The Morgan fingerprint density at radius 2 is 1.44 bits per heavy atom. The number of aryl methyl sites for hydroxylation is 2. The molecule has 0 aliphatic carbocycles. The Morgan fingerprint density at radius 1 is 0.844 bits per heavy atom. The van der Waals surface area contributed by atoms with Gasteiger partial charge in [-0.25, -0.2) is 0 Å². The fourth-order valence-electron chi connectivity index (χ4n) is 4.39. The number of pyridine rings is 1. The van der Waals surface area contributed by atoms with E-state index in [9.17, 15) is 9.59 Å². The van der Waals surface area contributed by atoms with Crippen molar-refractivity contribution in [3.05, 3.63) is 46.1 Å². The zero-order valence-corrected chi connectivity index (χ0v) is 23.6. The SMILES string of the molecule is CCC[CH2][Sn]([CH2]CCC)([CH2]CCC)[c]1ccc(CCc2ccc(C(N)=O)nc2C(N)=O)s1. The second kappa shape index (κ2) is 13.3. The summed E-state index contributed by atoms with van der Waals surface area (Å²) in [5.74, 6) is -1.28. The van der Waals surface area contributed by atoms with E-state index in [0.717, 1.165) is 12.0 Å². The standard InChI is InChI=1S/C13H12N3O2S.3C4H9.Sn/c14-12(17)10-6-4-8(11(16-10)13(15)18)3-5-9-2-1-7-19-9;3*1-3-4-2;/h1-2,4,6H,3,5H2,(H2,14,17)(H2,15,18);3*1,3-4H2,2H3;. The van der Waals surface area contributed by atoms with Crippen LogP contribution in [0.25, 0.3) is 0 Å². The zero-order chi connectivity index (χ0) is 23.6. The Kier molecular flexibility index (Phi) is 11.2. The molecule has 0 saturated carbocycles. The first-order valence-electron chi connectivity index (χ1n) is 12.1. The number of amides is 2. The van der Waals surface area contributed by atoms with Gasteiger partial charge in [-0.3, -0.25) is 0 Å². The predicted molar refractivity (Wildman–Crippen MR) is 138 cm³/mol. The van der Waals surface area contributed by atoms with Crippen LogP contribution in [0.15, 0.2) is 24.3 Å². The van der Waals surface area contributed by atoms with E-state index in [1.807, 2.05) is 11.3 Å². The molecule has 7 heteroatoms. The van der Waals surface area contributed by atoms with Crippen LogP contribution in [0.2, 0.25) is 13.3 Å². The normalized spacial score (nSPS) is 11.6. The number of thiophene rings is 1. The molecule has 5 nitrogen and oxygen atoms in total. The van der Waals surface area contributed by atoms with Gasteiger partial charge in [-0.1, -0.05) is 0 Å². The molecular weight excluding hydrogens is 525 g/mol. The van der Waals surface area contributed by atoms with Crippen molar-refractivity contribution in [2.24, 2.45) is 11.5 Å². The molecule has 2 amide bonds. The van der Waals surface area contributed by atoms with Crippen molar-refractivity contribution in [1.82, 2.24) is 4.98 Å². The summed E-state index contributed by atoms with van der Waals surface area (Å²) in [6, 6.07) is 8.06. The zero-order valence-electron chi connectivity index (χ0n) is 19.9. The fraction of sp³-hybridized carbons (Fsp3) is 0.560. The summed E-state index contributed by atoms with van der Waals surface area (Å²) in [5, 5.41) is 0. The minimum atomic E-state index is -2.40. The first-order valence-corrected chi connectivity index (χ1v) is 20.3. The van der Waals surface area contributed by atoms with E-state index < -0.39 is 30.2 Å². The summed E-state index contributed by atoms with van der Waals surface area (Å²) in [6.45, 7) is 6.93. The van der Waals surface area contributed by atoms with Crippen LogP contribution in [-0.4, -0.2) is 35.2 Å². The molecule has 0 aromatic carbocycles. The molecule has 0 bridgehead atoms. The summed E-state index contributed by atoms with van der Waals surface area (Å²) < 4.78 is 6.13. The van der Waals surface area contributed by atoms with Crippen LogP contribution in [0.3, 0.4) is 0 Å². The van der Waals surface area contributed by atoms with Gasteiger partial charge in [0.25, 0.3) is 0 Å². The van der Waals surface area contributed by atoms with E-state index >= 15 is 0 Å². The van der Waals surface area contributed by atoms with Gasteiger partial charge >= 0.3 is 202 Å². The van der Waals surface area contributed by atoms with Gasteiger partial charge in [0.2, 0.25) is 0 Å². The van der Waals surface area contributed by atoms with Crippen LogP contribution < -0.4 is 14.4 Å². The number of unbranched alkanes of at least 4 members (excludes halogenated alkanes) is 3. The van der Waals surface area contributed by atoms with Crippen molar-refractivity contribution < 1.29 is 9.59 Å². The maximum atomic E-state index is 11.9. The molecule has 2 rings (SSSR count). The number of carbonyl (C=O) groups is 2. The molecule has 0 aliphatic heterocycles. The van der Waals surface area contributed by atoms with Gasteiger partial charge in [0.05, 0.1) is 0 Å². The molecule has 32 heavy (non-hydrogen) atoms. The van der Waals surface area contributed by atoms with Gasteiger partial charge in [-0.15, -0.1) is 0 Å². The van der Waals surface area contributed by atoms with Crippen LogP contribution in [0.4, 0.5) is 0 Å². The molecule has 176 valence electrons. The van der Waals surface area contributed by atoms with Crippen molar-refractivity contribution in [2.75, 3.05) is 0 Å². The van der Waals surface area contributed by atoms with Crippen LogP contribution in [0.5, 0.6) is 0 Å². The van der Waals surface area contributed by atoms with Crippen molar-refractivity contribution in [3.63, 3.8) is 0 Å². The number of primary amides is 2. The third-order valence-corrected chi connectivity index (χ3v) is 25.7. The van der Waals surface area contributed by atoms with Crippen molar-refractivity contribution in [3.8, 4) is 0 Å². The topological polar surface area (TPSA) is 99.1 Å². The fourth-order valence-corrected chi connectivity index (χ4v) is 24.7. The Labute approximate surface area is 201 Å². The Bertz CT molecular complexity index is 875. The summed E-state index contributed by atoms with van der Waals surface area (Å²) in [6.07, 6.45) is 9.42. The predicted octanol–water partition coefficient (Wildman–Crippen LogP) is 5.18. The summed E-state index contributed by atoms with van der Waals surface area (Å²) in [5.41, 5.74) is 11.8. The number of nitrogens with two attached hydrogens (primary N) is 2. The second-order valence-corrected chi connectivity index (χ2v) is 24.1. The Morgan fingerprint density at radius 3 is 1.94 bits per heavy atom. The van der Waals surface area contributed by atoms with E-state index in [2.05, 4.69) is 37.9 Å². The molecule has 2 aromatic rings. The molecule has 0 radical (unpaired) electrons. The van der Waals surface area contributed by atoms with Gasteiger partial charge in [0.1, 0.15) is 0 Å². The van der Waals surface area contributed by atoms with E-state index in [1.165, 1.54) is 56.7 Å². The molecule has 0 saturated heterocycles. The second-order valence-electron chi connectivity index (χ2n) is 8.79. The van der Waals surface area contributed by atoms with Crippen LogP contribution in [-0.2, 0) is 12.8 Å². The third-order valence-electron chi connectivity index (χ3n) is 6.32. The molecule has 4 N–H and O–H groups in total. The number of nitrogens with zero attached hydrogens (tertiary/aromatic N) is 1. The molecule has 0 atom stereocenters. The average molecular weight is 564 g/mol. The first-order chi connectivity index (χ1) is 15.4. The van der Waals surface area contributed by atoms with Gasteiger partial charge in [-0.2, -0.15) is 0 Å². The average Bonchev–Trinajstić information content (AvgIpc) is 3.27. The minimum absolute atomic E-state index is 0.0718. The maximum absolute atomic E-state index is 11.9. The quantitative estimate of drug-likeness (QED) is 0.292. The van der Waals surface area contributed by atoms with Crippen molar-refractivity contribution in [2.45, 2.75) is 85.4 Å². The molecule has 2 heterocycles. The Hall–Kier alpha value is -1.41. The van der Waals surface area contributed by atoms with Gasteiger partial charge < -0.3 is 0 Å². The van der Waals surface area contributed by atoms with Crippen LogP contribution in [0, 0.1) is 0 Å². The molecular formula is C25H39N3O2SSn. The number of carbonyl (C=O) groups excluding carboxylic acids is 2. The van der Waals surface area contributed by atoms with E-state index in [0.29, 0.717) is 6.42 Å². The molecule has 0 fully saturated rings. The number of hydrogen-bond acceptors (Lipinski definition) is 4. The summed E-state index contributed by atoms with van der Waals surface area (Å²) in [7, 11) is 0. The van der Waals surface area contributed by atoms with Crippen molar-refractivity contribution >= 4 is 44.4 Å². The monoisotopic (exact) mass is 565 g/mol. The van der Waals surface area contributed by atoms with E-state index in [1.54, 1.807) is 15.0 Å². The molecule has 0 aliphatic rings. The van der Waals surface area contributed by atoms with E-state index in [-0.39, 0.29) is 11.4 Å². The first kappa shape index (κ1) is 26.8. The number of hydrogen-bond donors (Lipinski definition) is 2. The molecule has 2 aromatic heterocycles. The van der Waals surface area contributed by atoms with Crippen LogP contribution >= 0.6 is 11.3 Å². The van der Waals surface area contributed by atoms with Gasteiger partial charge in [0, 0.05) is 0 Å². The van der Waals surface area contributed by atoms with Crippen LogP contribution in [0.1, 0.15) is 90.7 Å². The summed E-state index contributed by atoms with van der Waals surface area (Å²) >= 11 is -0.384. The molecule has 0 spiro atoms. The molecule has 0 unspecified atom stereocenters. The number of aromatic nitrogens is 1. The number of rotatable bonds is 15. The van der Waals surface area contributed by atoms with Gasteiger partial charge in [-0.05, 0) is 0 Å². The Balaban J connectivity index is 2.24.